The van der Waals surface area contributed by atoms with Gasteiger partial charge in [-0.1, -0.05) is 48.5 Å². The zero-order valence-electron chi connectivity index (χ0n) is 17.7. The molecule has 1 aliphatic heterocycles. The Morgan fingerprint density at radius 3 is 2.56 bits per heavy atom. The summed E-state index contributed by atoms with van der Waals surface area (Å²) in [6.45, 7) is 1.03. The van der Waals surface area contributed by atoms with Gasteiger partial charge in [0.2, 0.25) is 5.91 Å². The largest absolute Gasteiger partial charge is 0.459 e. The Morgan fingerprint density at radius 1 is 1.03 bits per heavy atom. The van der Waals surface area contributed by atoms with E-state index < -0.39 is 6.10 Å². The maximum Gasteiger partial charge on any atom is 0.290 e. The number of rotatable bonds is 7. The summed E-state index contributed by atoms with van der Waals surface area (Å²) in [5, 5.41) is 0. The molecule has 1 saturated heterocycles. The van der Waals surface area contributed by atoms with Crippen molar-refractivity contribution in [2.75, 3.05) is 26.2 Å². The molecule has 0 saturated carbocycles. The molecule has 0 bridgehead atoms. The van der Waals surface area contributed by atoms with Crippen LogP contribution in [0.5, 0.6) is 0 Å². The van der Waals surface area contributed by atoms with Crippen LogP contribution in [-0.4, -0.2) is 53.9 Å². The zero-order chi connectivity index (χ0) is 22.3. The smallest absolute Gasteiger partial charge is 0.290 e. The average molecular weight is 436 g/mol. The Labute approximate surface area is 186 Å². The van der Waals surface area contributed by atoms with Crippen LogP contribution in [0.4, 0.5) is 4.39 Å². The average Bonchev–Trinajstić information content (AvgIpc) is 3.30. The van der Waals surface area contributed by atoms with Gasteiger partial charge in [-0.15, -0.1) is 0 Å². The van der Waals surface area contributed by atoms with Crippen LogP contribution in [0.2, 0.25) is 0 Å². The molecule has 1 fully saturated rings. The van der Waals surface area contributed by atoms with Gasteiger partial charge in [-0.25, -0.2) is 4.39 Å². The first-order chi connectivity index (χ1) is 15.6. The van der Waals surface area contributed by atoms with Crippen LogP contribution in [0, 0.1) is 5.82 Å². The van der Waals surface area contributed by atoms with Gasteiger partial charge < -0.3 is 19.0 Å². The number of nitrogens with zero attached hydrogens (tertiary/aromatic N) is 2. The van der Waals surface area contributed by atoms with Crippen LogP contribution in [0.15, 0.2) is 77.4 Å². The van der Waals surface area contributed by atoms with Gasteiger partial charge in [0.15, 0.2) is 5.76 Å². The van der Waals surface area contributed by atoms with E-state index in [9.17, 15) is 14.0 Å². The van der Waals surface area contributed by atoms with Crippen molar-refractivity contribution < 1.29 is 23.1 Å². The van der Waals surface area contributed by atoms with Crippen molar-refractivity contribution in [3.05, 3.63) is 95.7 Å². The second-order valence-corrected chi connectivity index (χ2v) is 7.76. The van der Waals surface area contributed by atoms with E-state index in [1.165, 1.54) is 17.2 Å². The second-order valence-electron chi connectivity index (χ2n) is 7.76. The third-order valence-corrected chi connectivity index (χ3v) is 5.49. The number of amides is 2. The van der Waals surface area contributed by atoms with Crippen molar-refractivity contribution in [2.45, 2.75) is 19.1 Å². The molecule has 1 aliphatic rings. The van der Waals surface area contributed by atoms with Crippen molar-refractivity contribution in [1.82, 2.24) is 9.80 Å². The summed E-state index contributed by atoms with van der Waals surface area (Å²) in [4.78, 5) is 29.0. The highest BCUT2D eigenvalue weighted by Gasteiger charge is 2.32. The highest BCUT2D eigenvalue weighted by molar-refractivity contribution is 5.94. The molecule has 3 aromatic rings. The maximum atomic E-state index is 14.0. The third-order valence-electron chi connectivity index (χ3n) is 5.49. The third kappa shape index (κ3) is 5.42. The number of benzene rings is 2. The van der Waals surface area contributed by atoms with E-state index in [-0.39, 0.29) is 43.1 Å². The Hall–Kier alpha value is -3.45. The molecule has 0 N–H and O–H groups in total. The molecule has 0 radical (unpaired) electrons. The SMILES string of the molecule is O=C1CN(C(=O)c2ccco2)CC(OCc2ccccc2F)CN1CCc1ccccc1. The number of hydrogen-bond donors (Lipinski definition) is 0. The summed E-state index contributed by atoms with van der Waals surface area (Å²) >= 11 is 0. The van der Waals surface area contributed by atoms with E-state index in [2.05, 4.69) is 0 Å². The maximum absolute atomic E-state index is 14.0. The summed E-state index contributed by atoms with van der Waals surface area (Å²) in [5.41, 5.74) is 1.56. The predicted octanol–water partition coefficient (Wildman–Crippen LogP) is 3.53. The van der Waals surface area contributed by atoms with Gasteiger partial charge in [0.1, 0.15) is 12.4 Å². The van der Waals surface area contributed by atoms with Gasteiger partial charge in [-0.3, -0.25) is 9.59 Å². The predicted molar refractivity (Wildman–Crippen MR) is 116 cm³/mol. The molecule has 1 unspecified atom stereocenters. The molecule has 4 rings (SSSR count). The molecule has 1 atom stereocenters. The number of carbonyl (C=O) groups excluding carboxylic acids is 2. The first-order valence-corrected chi connectivity index (χ1v) is 10.6. The van der Waals surface area contributed by atoms with Gasteiger partial charge in [-0.2, -0.15) is 0 Å². The minimum atomic E-state index is -0.462. The summed E-state index contributed by atoms with van der Waals surface area (Å²) in [6.07, 6.45) is 1.65. The van der Waals surface area contributed by atoms with Gasteiger partial charge in [0, 0.05) is 25.2 Å². The molecule has 7 heteroatoms. The van der Waals surface area contributed by atoms with E-state index in [1.54, 1.807) is 35.2 Å². The molecule has 2 aromatic carbocycles. The molecular weight excluding hydrogens is 411 g/mol. The van der Waals surface area contributed by atoms with Gasteiger partial charge in [0.05, 0.1) is 19.0 Å². The fraction of sp³-hybridized carbons (Fsp3) is 0.280. The minimum absolute atomic E-state index is 0.0564. The lowest BCUT2D eigenvalue weighted by molar-refractivity contribution is -0.131. The lowest BCUT2D eigenvalue weighted by Gasteiger charge is -2.25. The second kappa shape index (κ2) is 10.2. The molecule has 6 nitrogen and oxygen atoms in total. The topological polar surface area (TPSA) is 63.0 Å². The Morgan fingerprint density at radius 2 is 1.81 bits per heavy atom. The highest BCUT2D eigenvalue weighted by atomic mass is 19.1. The van der Waals surface area contributed by atoms with Crippen LogP contribution >= 0.6 is 0 Å². The summed E-state index contributed by atoms with van der Waals surface area (Å²) < 4.78 is 25.3. The van der Waals surface area contributed by atoms with Crippen molar-refractivity contribution in [3.8, 4) is 0 Å². The Kier molecular flexibility index (Phi) is 6.97. The number of ether oxygens (including phenoxy) is 1. The number of carbonyl (C=O) groups is 2. The lowest BCUT2D eigenvalue weighted by atomic mass is 10.1. The summed E-state index contributed by atoms with van der Waals surface area (Å²) in [7, 11) is 0. The first-order valence-electron chi connectivity index (χ1n) is 10.6. The van der Waals surface area contributed by atoms with Crippen molar-refractivity contribution >= 4 is 11.8 Å². The van der Waals surface area contributed by atoms with Gasteiger partial charge >= 0.3 is 0 Å². The molecular formula is C25H25FN2O4. The van der Waals surface area contributed by atoms with E-state index in [1.807, 2.05) is 30.3 Å². The molecule has 0 spiro atoms. The van der Waals surface area contributed by atoms with E-state index in [0.29, 0.717) is 25.1 Å². The molecule has 2 amide bonds. The van der Waals surface area contributed by atoms with Crippen LogP contribution in [-0.2, 0) is 22.6 Å². The van der Waals surface area contributed by atoms with Crippen molar-refractivity contribution in [1.29, 1.82) is 0 Å². The lowest BCUT2D eigenvalue weighted by Crippen LogP contribution is -2.40. The van der Waals surface area contributed by atoms with Gasteiger partial charge in [-0.05, 0) is 30.2 Å². The van der Waals surface area contributed by atoms with Crippen molar-refractivity contribution in [3.63, 3.8) is 0 Å². The fourth-order valence-electron chi connectivity index (χ4n) is 3.74. The molecule has 166 valence electrons. The van der Waals surface area contributed by atoms with Crippen molar-refractivity contribution in [2.24, 2.45) is 0 Å². The van der Waals surface area contributed by atoms with E-state index in [0.717, 1.165) is 5.56 Å². The summed E-state index contributed by atoms with van der Waals surface area (Å²) in [6, 6.07) is 19.5. The zero-order valence-corrected chi connectivity index (χ0v) is 17.7. The normalized spacial score (nSPS) is 16.8. The molecule has 2 heterocycles. The quantitative estimate of drug-likeness (QED) is 0.569. The highest BCUT2D eigenvalue weighted by Crippen LogP contribution is 2.16. The molecule has 0 aliphatic carbocycles. The van der Waals surface area contributed by atoms with Gasteiger partial charge in [0.25, 0.3) is 5.91 Å². The van der Waals surface area contributed by atoms with Crippen LogP contribution < -0.4 is 0 Å². The summed E-state index contributed by atoms with van der Waals surface area (Å²) in [5.74, 6) is -0.699. The van der Waals surface area contributed by atoms with Crippen LogP contribution in [0.3, 0.4) is 0 Å². The van der Waals surface area contributed by atoms with Crippen LogP contribution in [0.1, 0.15) is 21.7 Å². The monoisotopic (exact) mass is 436 g/mol. The fourth-order valence-corrected chi connectivity index (χ4v) is 3.74. The Bertz CT molecular complexity index is 1040. The number of halogens is 1. The van der Waals surface area contributed by atoms with E-state index >= 15 is 0 Å². The number of hydrogen-bond acceptors (Lipinski definition) is 4. The standard InChI is InChI=1S/C25H25FN2O4/c26-22-10-5-4-9-20(22)18-32-21-15-27(13-12-19-7-2-1-3-8-19)24(29)17-28(16-21)25(30)23-11-6-14-31-23/h1-11,14,21H,12-13,15-18H2. The molecule has 1 aromatic heterocycles. The molecule has 32 heavy (non-hydrogen) atoms. The number of furan rings is 1. The Balaban J connectivity index is 1.49. The minimum Gasteiger partial charge on any atom is -0.459 e. The van der Waals surface area contributed by atoms with E-state index in [4.69, 9.17) is 9.15 Å². The first kappa shape index (κ1) is 21.8. The van der Waals surface area contributed by atoms with Crippen LogP contribution in [0.25, 0.3) is 0 Å².